The average molecular weight is 956 g/mol. The number of aliphatic hydroxyl groups is 14. The molecule has 0 saturated carbocycles. The van der Waals surface area contributed by atoms with Gasteiger partial charge in [-0.15, -0.1) is 0 Å². The van der Waals surface area contributed by atoms with Crippen LogP contribution in [0.15, 0.2) is 0 Å². The number of phosphoric acid groups is 2. The molecular formula is C29H51NO30P2. The fourth-order valence-electron chi connectivity index (χ4n) is 6.37. The number of carbonyl (C=O) groups is 2. The van der Waals surface area contributed by atoms with Crippen molar-refractivity contribution in [3.63, 3.8) is 0 Å². The van der Waals surface area contributed by atoms with Crippen LogP contribution in [-0.2, 0) is 65.2 Å². The van der Waals surface area contributed by atoms with Gasteiger partial charge in [0, 0.05) is 6.42 Å². The van der Waals surface area contributed by atoms with Gasteiger partial charge in [-0.2, -0.15) is 0 Å². The van der Waals surface area contributed by atoms with Gasteiger partial charge in [-0.3, -0.25) is 23.6 Å². The molecule has 2 unspecified atom stereocenters. The molecule has 21 atom stereocenters. The van der Waals surface area contributed by atoms with Crippen molar-refractivity contribution >= 4 is 27.6 Å². The Bertz CT molecular complexity index is 1600. The van der Waals surface area contributed by atoms with Crippen LogP contribution in [-0.4, -0.2) is 249 Å². The fraction of sp³-hybridized carbons (Fsp3) is 0.931. The molecule has 0 radical (unpaired) electrons. The highest BCUT2D eigenvalue weighted by molar-refractivity contribution is 7.48. The Labute approximate surface area is 348 Å². The van der Waals surface area contributed by atoms with Crippen LogP contribution in [0.4, 0.5) is 0 Å². The fourth-order valence-corrected chi connectivity index (χ4v) is 7.86. The lowest BCUT2D eigenvalue weighted by Gasteiger charge is -2.43. The normalized spacial score (nSPS) is 43.7. The van der Waals surface area contributed by atoms with E-state index >= 15 is 0 Å². The van der Waals surface area contributed by atoms with E-state index in [9.17, 15) is 100.0 Å². The van der Waals surface area contributed by atoms with Crippen molar-refractivity contribution in [3.05, 3.63) is 0 Å². The molecule has 0 aromatic rings. The quantitative estimate of drug-likeness (QED) is 0.0504. The molecule has 0 amide bonds. The number of ether oxygens (including phenoxy) is 6. The van der Waals surface area contributed by atoms with Crippen LogP contribution in [0.2, 0.25) is 0 Å². The first-order valence-electron chi connectivity index (χ1n) is 18.2. The topological polar surface area (TPSA) is 510 Å². The summed E-state index contributed by atoms with van der Waals surface area (Å²) in [6.45, 7) is -6.54. The second kappa shape index (κ2) is 21.4. The standard InChI is InChI=1S/C29H51NO30P2/c30-9(25(46)60-62(49,50)52-6-13-16(37)20(41)22(43)27(54-13)58-29(8-34)24(45)18(39)11(4-32)56-29)1-2-14(35)59-61(47,48)51-5-12-15(36)19(40)21(42)26(53-12)57-28(7-33)23(44)17(38)10(3-31)55-28/h9-13,15-24,26-27,31-34,36-45H,1-8,30H2,(H,47,48)(H,49,50)/t9-,10+,11+,12+,13+,15+,16+,17+,18+,19-,20-,21+,22+,23-,24-,26+,27+,28-,29-/m0/s1. The second-order valence-corrected chi connectivity index (χ2v) is 17.1. The predicted octanol–water partition coefficient (Wildman–Crippen LogP) is -10.3. The van der Waals surface area contributed by atoms with E-state index in [1.54, 1.807) is 0 Å². The van der Waals surface area contributed by atoms with Crippen LogP contribution >= 0.6 is 15.6 Å². The van der Waals surface area contributed by atoms with E-state index < -0.39 is 196 Å². The lowest BCUT2D eigenvalue weighted by atomic mass is 9.99. The van der Waals surface area contributed by atoms with Crippen LogP contribution in [0.3, 0.4) is 0 Å². The van der Waals surface area contributed by atoms with Crippen molar-refractivity contribution in [2.75, 3.05) is 39.6 Å². The zero-order valence-corrected chi connectivity index (χ0v) is 33.6. The van der Waals surface area contributed by atoms with Gasteiger partial charge in [0.1, 0.15) is 105 Å². The first-order chi connectivity index (χ1) is 28.8. The van der Waals surface area contributed by atoms with E-state index in [1.165, 1.54) is 0 Å². The zero-order chi connectivity index (χ0) is 46.7. The van der Waals surface area contributed by atoms with Crippen molar-refractivity contribution in [1.29, 1.82) is 0 Å². The molecule has 4 fully saturated rings. The Kier molecular flexibility index (Phi) is 18.3. The molecule has 62 heavy (non-hydrogen) atoms. The minimum Gasteiger partial charge on any atom is -0.394 e. The maximum absolute atomic E-state index is 12.5. The molecule has 4 rings (SSSR count). The summed E-state index contributed by atoms with van der Waals surface area (Å²) < 4.78 is 74.4. The van der Waals surface area contributed by atoms with E-state index in [2.05, 4.69) is 18.1 Å². The average Bonchev–Trinajstić information content (AvgIpc) is 3.62. The largest absolute Gasteiger partial charge is 0.529 e. The van der Waals surface area contributed by atoms with Gasteiger partial charge in [-0.25, -0.2) is 13.9 Å². The molecule has 4 aliphatic rings. The summed E-state index contributed by atoms with van der Waals surface area (Å²) in [6.07, 6.45) is -33.2. The molecule has 362 valence electrons. The molecule has 0 aliphatic carbocycles. The van der Waals surface area contributed by atoms with Gasteiger partial charge in [-0.05, 0) is 6.42 Å². The van der Waals surface area contributed by atoms with Crippen LogP contribution in [0.1, 0.15) is 12.8 Å². The van der Waals surface area contributed by atoms with Crippen LogP contribution in [0.25, 0.3) is 0 Å². The Hall–Kier alpha value is -1.60. The molecule has 0 bridgehead atoms. The van der Waals surface area contributed by atoms with Crippen molar-refractivity contribution < 1.29 is 147 Å². The molecule has 31 nitrogen and oxygen atoms in total. The third-order valence-corrected chi connectivity index (χ3v) is 11.8. The molecule has 18 N–H and O–H groups in total. The molecule has 33 heteroatoms. The highest BCUT2D eigenvalue weighted by Crippen LogP contribution is 2.46. The number of carbonyl (C=O) groups excluding carboxylic acids is 2. The summed E-state index contributed by atoms with van der Waals surface area (Å²) in [7, 11) is -10.9. The summed E-state index contributed by atoms with van der Waals surface area (Å²) in [5.41, 5.74) is 5.58. The van der Waals surface area contributed by atoms with Crippen molar-refractivity contribution in [3.8, 4) is 0 Å². The Morgan fingerprint density at radius 2 is 0.968 bits per heavy atom. The van der Waals surface area contributed by atoms with Crippen molar-refractivity contribution in [2.24, 2.45) is 5.73 Å². The summed E-state index contributed by atoms with van der Waals surface area (Å²) in [6, 6.07) is -1.93. The number of nitrogens with two attached hydrogens (primary N) is 1. The van der Waals surface area contributed by atoms with Crippen LogP contribution < -0.4 is 5.73 Å². The van der Waals surface area contributed by atoms with E-state index in [-0.39, 0.29) is 0 Å². The third-order valence-electron chi connectivity index (χ3n) is 9.97. The summed E-state index contributed by atoms with van der Waals surface area (Å²) in [5, 5.41) is 141. The Morgan fingerprint density at radius 3 is 1.32 bits per heavy atom. The van der Waals surface area contributed by atoms with E-state index in [0.717, 1.165) is 0 Å². The van der Waals surface area contributed by atoms with Gasteiger partial charge in [-0.1, -0.05) is 0 Å². The van der Waals surface area contributed by atoms with E-state index in [4.69, 9.17) is 34.2 Å². The number of aliphatic hydroxyl groups excluding tert-OH is 14. The number of rotatable bonds is 20. The second-order valence-electron chi connectivity index (χ2n) is 14.3. The first kappa shape index (κ1) is 53.0. The number of hydrogen-bond acceptors (Lipinski definition) is 29. The highest BCUT2D eigenvalue weighted by Gasteiger charge is 2.60. The van der Waals surface area contributed by atoms with Crippen molar-refractivity contribution in [2.45, 2.75) is 128 Å². The molecule has 4 aliphatic heterocycles. The van der Waals surface area contributed by atoms with Gasteiger partial charge >= 0.3 is 27.6 Å². The lowest BCUT2D eigenvalue weighted by Crippen LogP contribution is -2.62. The minimum absolute atomic E-state index is 0.794. The van der Waals surface area contributed by atoms with Gasteiger partial charge < -0.3 is 115 Å². The molecule has 4 heterocycles. The Morgan fingerprint density at radius 1 is 0.581 bits per heavy atom. The number of hydrogen-bond donors (Lipinski definition) is 17. The maximum Gasteiger partial charge on any atom is 0.529 e. The lowest BCUT2D eigenvalue weighted by molar-refractivity contribution is -0.383. The minimum atomic E-state index is -5.49. The van der Waals surface area contributed by atoms with Crippen LogP contribution in [0.5, 0.6) is 0 Å². The predicted molar refractivity (Wildman–Crippen MR) is 184 cm³/mol. The van der Waals surface area contributed by atoms with Gasteiger partial charge in [0.15, 0.2) is 12.6 Å². The van der Waals surface area contributed by atoms with Gasteiger partial charge in [0.25, 0.3) is 0 Å². The Balaban J connectivity index is 1.25. The molecule has 0 aromatic carbocycles. The molecule has 4 saturated heterocycles. The smallest absolute Gasteiger partial charge is 0.394 e. The third kappa shape index (κ3) is 11.9. The van der Waals surface area contributed by atoms with Gasteiger partial charge in [0.2, 0.25) is 11.6 Å². The van der Waals surface area contributed by atoms with Crippen molar-refractivity contribution in [1.82, 2.24) is 0 Å². The van der Waals surface area contributed by atoms with E-state index in [1.807, 2.05) is 0 Å². The zero-order valence-electron chi connectivity index (χ0n) is 31.8. The SMILES string of the molecule is N[C@@H](CCC(=O)OP(=O)(O)OC[C@H]1O[C@H](O[C@]2(CO)O[C@H](CO)[C@@H](O)[C@@H]2O)[C@H](O)[C@@H](O)[C@@H]1O)C(=O)OP(=O)(O)OC[C@H]1O[C@H](O[C@]2(CO)O[C@H](CO)[C@@H](O)[C@@H]2O)[C@H](O)[C@@H](O)[C@@H]1O. The summed E-state index contributed by atoms with van der Waals surface area (Å²) >= 11 is 0. The van der Waals surface area contributed by atoms with Crippen LogP contribution in [0, 0.1) is 0 Å². The first-order valence-corrected chi connectivity index (χ1v) is 21.2. The van der Waals surface area contributed by atoms with Gasteiger partial charge in [0.05, 0.1) is 26.4 Å². The summed E-state index contributed by atoms with van der Waals surface area (Å²) in [4.78, 5) is 44.9. The molecular weight excluding hydrogens is 904 g/mol. The monoisotopic (exact) mass is 955 g/mol. The number of phosphoric ester groups is 2. The van der Waals surface area contributed by atoms with E-state index in [0.29, 0.717) is 0 Å². The molecule has 0 spiro atoms. The molecule has 0 aromatic heterocycles. The maximum atomic E-state index is 12.5. The summed E-state index contributed by atoms with van der Waals surface area (Å²) in [5.74, 6) is -8.37. The highest BCUT2D eigenvalue weighted by atomic mass is 31.2.